The topological polar surface area (TPSA) is 43.4 Å². The van der Waals surface area contributed by atoms with Crippen LogP contribution in [0.1, 0.15) is 19.8 Å². The van der Waals surface area contributed by atoms with E-state index in [-0.39, 0.29) is 0 Å². The number of nitrogens with zero attached hydrogens (tertiary/aromatic N) is 1. The summed E-state index contributed by atoms with van der Waals surface area (Å²) in [5.74, 6) is 0.862. The normalized spacial score (nSPS) is 18.9. The average Bonchev–Trinajstić information content (AvgIpc) is 3.06. The Morgan fingerprint density at radius 3 is 3.26 bits per heavy atom. The largest absolute Gasteiger partial charge is 0.492 e. The Balaban J connectivity index is 1.75. The molecule has 1 saturated heterocycles. The van der Waals surface area contributed by atoms with E-state index >= 15 is 0 Å². The van der Waals surface area contributed by atoms with Gasteiger partial charge in [-0.3, -0.25) is 0 Å². The van der Waals surface area contributed by atoms with Gasteiger partial charge in [0.1, 0.15) is 11.3 Å². The van der Waals surface area contributed by atoms with Gasteiger partial charge in [0, 0.05) is 13.2 Å². The molecule has 0 radical (unpaired) electrons. The van der Waals surface area contributed by atoms with Crippen LogP contribution in [0.15, 0.2) is 18.2 Å². The minimum absolute atomic E-state index is 0.332. The first-order valence-electron chi connectivity index (χ1n) is 6.74. The summed E-state index contributed by atoms with van der Waals surface area (Å²) in [4.78, 5) is 4.62. The number of rotatable bonds is 5. The molecule has 0 unspecified atom stereocenters. The van der Waals surface area contributed by atoms with Crippen LogP contribution in [-0.4, -0.2) is 30.8 Å². The highest BCUT2D eigenvalue weighted by molar-refractivity contribution is 7.22. The maximum atomic E-state index is 5.60. The van der Waals surface area contributed by atoms with Crippen molar-refractivity contribution in [1.29, 1.82) is 0 Å². The summed E-state index contributed by atoms with van der Waals surface area (Å²) in [6.07, 6.45) is 2.64. The third-order valence-electron chi connectivity index (χ3n) is 3.19. The highest BCUT2D eigenvalue weighted by Gasteiger charge is 2.16. The summed E-state index contributed by atoms with van der Waals surface area (Å²) in [6.45, 7) is 4.38. The Bertz CT molecular complexity index is 549. The molecule has 0 spiro atoms. The van der Waals surface area contributed by atoms with Crippen LogP contribution in [-0.2, 0) is 4.74 Å². The molecule has 2 aromatic rings. The Kier molecular flexibility index (Phi) is 3.84. The SMILES string of the molecule is CCOc1cccc2sc(NC[C@@H]3CCCO3)nc12. The lowest BCUT2D eigenvalue weighted by molar-refractivity contribution is 0.120. The van der Waals surface area contributed by atoms with Gasteiger partial charge in [0.25, 0.3) is 0 Å². The Morgan fingerprint density at radius 1 is 1.53 bits per heavy atom. The minimum atomic E-state index is 0.332. The molecule has 1 fully saturated rings. The van der Waals surface area contributed by atoms with Gasteiger partial charge >= 0.3 is 0 Å². The zero-order valence-corrected chi connectivity index (χ0v) is 11.8. The van der Waals surface area contributed by atoms with Gasteiger partial charge < -0.3 is 14.8 Å². The van der Waals surface area contributed by atoms with Gasteiger partial charge in [-0.1, -0.05) is 17.4 Å². The van der Waals surface area contributed by atoms with Crippen LogP contribution >= 0.6 is 11.3 Å². The Hall–Kier alpha value is -1.33. The van der Waals surface area contributed by atoms with Crippen LogP contribution in [0.3, 0.4) is 0 Å². The number of hydrogen-bond donors (Lipinski definition) is 1. The van der Waals surface area contributed by atoms with E-state index in [4.69, 9.17) is 9.47 Å². The molecule has 0 bridgehead atoms. The molecule has 0 aliphatic carbocycles. The summed E-state index contributed by atoms with van der Waals surface area (Å²) >= 11 is 1.66. The second kappa shape index (κ2) is 5.75. The maximum absolute atomic E-state index is 5.60. The quantitative estimate of drug-likeness (QED) is 0.911. The molecule has 1 aromatic carbocycles. The van der Waals surface area contributed by atoms with Crippen LogP contribution < -0.4 is 10.1 Å². The first-order valence-corrected chi connectivity index (χ1v) is 7.56. The lowest BCUT2D eigenvalue weighted by Gasteiger charge is -2.08. The number of hydrogen-bond acceptors (Lipinski definition) is 5. The van der Waals surface area contributed by atoms with Crippen molar-refractivity contribution in [2.45, 2.75) is 25.9 Å². The predicted molar refractivity (Wildman–Crippen MR) is 78.3 cm³/mol. The van der Waals surface area contributed by atoms with Crippen molar-refractivity contribution in [1.82, 2.24) is 4.98 Å². The standard InChI is InChI=1S/C14H18N2O2S/c1-2-17-11-6-3-7-12-13(11)16-14(19-12)15-9-10-5-4-8-18-10/h3,6-7,10H,2,4-5,8-9H2,1H3,(H,15,16)/t10-/m0/s1. The van der Waals surface area contributed by atoms with Crippen molar-refractivity contribution in [3.8, 4) is 5.75 Å². The highest BCUT2D eigenvalue weighted by Crippen LogP contribution is 2.32. The van der Waals surface area contributed by atoms with Crippen LogP contribution in [0.2, 0.25) is 0 Å². The van der Waals surface area contributed by atoms with Crippen molar-refractivity contribution >= 4 is 26.7 Å². The van der Waals surface area contributed by atoms with E-state index in [0.717, 1.165) is 40.7 Å². The summed E-state index contributed by atoms with van der Waals surface area (Å²) in [5.41, 5.74) is 0.948. The molecular formula is C14H18N2O2S. The van der Waals surface area contributed by atoms with Crippen molar-refractivity contribution in [3.63, 3.8) is 0 Å². The van der Waals surface area contributed by atoms with Gasteiger partial charge in [0.15, 0.2) is 5.13 Å². The maximum Gasteiger partial charge on any atom is 0.184 e. The molecular weight excluding hydrogens is 260 g/mol. The lowest BCUT2D eigenvalue weighted by Crippen LogP contribution is -2.18. The molecule has 1 atom stereocenters. The molecule has 1 aliphatic heterocycles. The number of benzene rings is 1. The summed E-state index contributed by atoms with van der Waals surface area (Å²) < 4.78 is 12.4. The number of ether oxygens (including phenoxy) is 2. The van der Waals surface area contributed by atoms with E-state index in [2.05, 4.69) is 16.4 Å². The third-order valence-corrected chi connectivity index (χ3v) is 4.17. The van der Waals surface area contributed by atoms with E-state index in [1.165, 1.54) is 6.42 Å². The molecule has 102 valence electrons. The van der Waals surface area contributed by atoms with Crippen LogP contribution in [0.5, 0.6) is 5.75 Å². The van der Waals surface area contributed by atoms with Gasteiger partial charge in [-0.2, -0.15) is 0 Å². The zero-order valence-electron chi connectivity index (χ0n) is 11.0. The van der Waals surface area contributed by atoms with Crippen LogP contribution in [0, 0.1) is 0 Å². The number of nitrogens with one attached hydrogen (secondary N) is 1. The van der Waals surface area contributed by atoms with Crippen molar-refractivity contribution < 1.29 is 9.47 Å². The van der Waals surface area contributed by atoms with Gasteiger partial charge in [0.2, 0.25) is 0 Å². The smallest absolute Gasteiger partial charge is 0.184 e. The first-order chi connectivity index (χ1) is 9.36. The molecule has 1 aliphatic rings. The number of anilines is 1. The molecule has 19 heavy (non-hydrogen) atoms. The fourth-order valence-corrected chi connectivity index (χ4v) is 3.17. The molecule has 1 aromatic heterocycles. The van der Waals surface area contributed by atoms with Crippen LogP contribution in [0.4, 0.5) is 5.13 Å². The average molecular weight is 278 g/mol. The second-order valence-electron chi connectivity index (χ2n) is 4.57. The van der Waals surface area contributed by atoms with Crippen molar-refractivity contribution in [2.75, 3.05) is 25.1 Å². The summed E-state index contributed by atoms with van der Waals surface area (Å²) in [7, 11) is 0. The molecule has 0 saturated carbocycles. The van der Waals surface area contributed by atoms with E-state index in [1.807, 2.05) is 19.1 Å². The third kappa shape index (κ3) is 2.82. The van der Waals surface area contributed by atoms with E-state index in [9.17, 15) is 0 Å². The van der Waals surface area contributed by atoms with E-state index in [1.54, 1.807) is 11.3 Å². The summed E-state index contributed by atoms with van der Waals surface area (Å²) in [6, 6.07) is 6.05. The van der Waals surface area contributed by atoms with E-state index in [0.29, 0.717) is 12.7 Å². The summed E-state index contributed by atoms with van der Waals surface area (Å²) in [5, 5.41) is 4.31. The molecule has 2 heterocycles. The Labute approximate surface area is 116 Å². The van der Waals surface area contributed by atoms with Crippen molar-refractivity contribution in [3.05, 3.63) is 18.2 Å². The monoisotopic (exact) mass is 278 g/mol. The highest BCUT2D eigenvalue weighted by atomic mass is 32.1. The van der Waals surface area contributed by atoms with Gasteiger partial charge in [-0.15, -0.1) is 0 Å². The van der Waals surface area contributed by atoms with Gasteiger partial charge in [-0.25, -0.2) is 4.98 Å². The molecule has 1 N–H and O–H groups in total. The lowest BCUT2D eigenvalue weighted by atomic mass is 10.2. The number of fused-ring (bicyclic) bond motifs is 1. The van der Waals surface area contributed by atoms with E-state index < -0.39 is 0 Å². The molecule has 5 heteroatoms. The Morgan fingerprint density at radius 2 is 2.47 bits per heavy atom. The molecule has 3 rings (SSSR count). The second-order valence-corrected chi connectivity index (χ2v) is 5.60. The van der Waals surface area contributed by atoms with Gasteiger partial charge in [-0.05, 0) is 31.9 Å². The van der Waals surface area contributed by atoms with Gasteiger partial charge in [0.05, 0.1) is 17.4 Å². The first kappa shape index (κ1) is 12.7. The molecule has 0 amide bonds. The van der Waals surface area contributed by atoms with Crippen molar-refractivity contribution in [2.24, 2.45) is 0 Å². The fraction of sp³-hybridized carbons (Fsp3) is 0.500. The zero-order chi connectivity index (χ0) is 13.1. The number of para-hydroxylation sites is 1. The fourth-order valence-electron chi connectivity index (χ4n) is 2.28. The number of aromatic nitrogens is 1. The minimum Gasteiger partial charge on any atom is -0.492 e. The van der Waals surface area contributed by atoms with Crippen LogP contribution in [0.25, 0.3) is 10.2 Å². The molecule has 4 nitrogen and oxygen atoms in total. The predicted octanol–water partition coefficient (Wildman–Crippen LogP) is 3.29. The number of thiazole rings is 1.